The number of anilines is 1. The number of hydrogen-bond donors (Lipinski definition) is 2. The van der Waals surface area contributed by atoms with E-state index in [0.717, 1.165) is 11.1 Å². The lowest BCUT2D eigenvalue weighted by Gasteiger charge is -2.27. The van der Waals surface area contributed by atoms with Crippen LogP contribution in [0.5, 0.6) is 0 Å². The number of carbonyl (C=O) groups excluding carboxylic acids is 1. The second-order valence-corrected chi connectivity index (χ2v) is 8.60. The molecule has 0 aliphatic carbocycles. The minimum absolute atomic E-state index is 0.0598. The Morgan fingerprint density at radius 1 is 1.03 bits per heavy atom. The molecule has 1 aliphatic heterocycles. The van der Waals surface area contributed by atoms with Gasteiger partial charge in [-0.1, -0.05) is 42.5 Å². The molecular formula is C25H21N3O4S. The summed E-state index contributed by atoms with van der Waals surface area (Å²) in [5.41, 5.74) is 9.35. The maximum Gasteiger partial charge on any atom is 0.249 e. The summed E-state index contributed by atoms with van der Waals surface area (Å²) in [7, 11) is 0. The van der Waals surface area contributed by atoms with Crippen LogP contribution in [0.1, 0.15) is 21.5 Å². The van der Waals surface area contributed by atoms with Crippen molar-refractivity contribution < 1.29 is 13.9 Å². The highest BCUT2D eigenvalue weighted by Crippen LogP contribution is 2.35. The maximum absolute atomic E-state index is 12.7. The molecule has 33 heavy (non-hydrogen) atoms. The number of ether oxygens (including phenoxy) is 1. The Balaban J connectivity index is 1.50. The molecule has 0 saturated carbocycles. The fraction of sp³-hybridized carbons (Fsp3) is 0.160. The molecule has 8 heteroatoms. The van der Waals surface area contributed by atoms with E-state index in [2.05, 4.69) is 0 Å². The zero-order valence-corrected chi connectivity index (χ0v) is 18.5. The SMILES string of the molecule is N=C(c1ccc(-c2csc3c(=O)cc(N4CCOCC4)oc23)cc1)c1ccccc1C(N)=O. The summed E-state index contributed by atoms with van der Waals surface area (Å²) in [5, 5.41) is 10.5. The van der Waals surface area contributed by atoms with E-state index < -0.39 is 5.91 Å². The fourth-order valence-corrected chi connectivity index (χ4v) is 4.87. The summed E-state index contributed by atoms with van der Waals surface area (Å²) in [4.78, 5) is 26.5. The van der Waals surface area contributed by atoms with Crippen LogP contribution in [0.4, 0.5) is 5.88 Å². The van der Waals surface area contributed by atoms with Gasteiger partial charge in [-0.25, -0.2) is 0 Å². The highest BCUT2D eigenvalue weighted by Gasteiger charge is 2.19. The average molecular weight is 460 g/mol. The van der Waals surface area contributed by atoms with Gasteiger partial charge in [0.05, 0.1) is 18.9 Å². The molecule has 1 fully saturated rings. The molecule has 3 heterocycles. The predicted octanol–water partition coefficient (Wildman–Crippen LogP) is 3.87. The Morgan fingerprint density at radius 2 is 1.73 bits per heavy atom. The summed E-state index contributed by atoms with van der Waals surface area (Å²) in [5.74, 6) is -0.0141. The maximum atomic E-state index is 12.7. The number of nitrogens with zero attached hydrogens (tertiary/aromatic N) is 1. The predicted molar refractivity (Wildman–Crippen MR) is 130 cm³/mol. The molecule has 3 N–H and O–H groups in total. The van der Waals surface area contributed by atoms with Crippen molar-refractivity contribution in [2.24, 2.45) is 5.73 Å². The zero-order valence-electron chi connectivity index (χ0n) is 17.7. The highest BCUT2D eigenvalue weighted by molar-refractivity contribution is 7.17. The molecule has 7 nitrogen and oxygen atoms in total. The van der Waals surface area contributed by atoms with Crippen LogP contribution in [0, 0.1) is 5.41 Å². The molecule has 1 aliphatic rings. The monoisotopic (exact) mass is 459 g/mol. The number of rotatable bonds is 5. The Kier molecular flexibility index (Phi) is 5.53. The standard InChI is InChI=1S/C25H21N3O4S/c26-22(17-3-1-2-4-18(17)25(27)30)16-7-5-15(6-8-16)19-14-33-24-20(29)13-21(32-23(19)24)28-9-11-31-12-10-28/h1-8,13-14,26H,9-12H2,(H2,27,30). The Bertz CT molecular complexity index is 1420. The van der Waals surface area contributed by atoms with E-state index in [-0.39, 0.29) is 11.1 Å². The third kappa shape index (κ3) is 3.94. The first-order valence-electron chi connectivity index (χ1n) is 10.5. The molecule has 166 valence electrons. The van der Waals surface area contributed by atoms with Gasteiger partial charge in [0.15, 0.2) is 11.5 Å². The van der Waals surface area contributed by atoms with Crippen LogP contribution in [-0.4, -0.2) is 37.9 Å². The molecule has 0 bridgehead atoms. The van der Waals surface area contributed by atoms with E-state index in [1.807, 2.05) is 34.5 Å². The Labute approximate surface area is 193 Å². The second kappa shape index (κ2) is 8.65. The van der Waals surface area contributed by atoms with Crippen molar-refractivity contribution in [2.75, 3.05) is 31.2 Å². The number of primary amides is 1. The molecule has 1 saturated heterocycles. The van der Waals surface area contributed by atoms with Crippen LogP contribution in [0.3, 0.4) is 0 Å². The summed E-state index contributed by atoms with van der Waals surface area (Å²) in [6, 6.07) is 15.8. The van der Waals surface area contributed by atoms with Crippen LogP contribution in [-0.2, 0) is 4.74 Å². The van der Waals surface area contributed by atoms with E-state index in [1.54, 1.807) is 30.3 Å². The van der Waals surface area contributed by atoms with Crippen molar-refractivity contribution in [2.45, 2.75) is 0 Å². The van der Waals surface area contributed by atoms with Gasteiger partial charge in [0.2, 0.25) is 11.3 Å². The molecule has 0 radical (unpaired) electrons. The summed E-state index contributed by atoms with van der Waals surface area (Å²) in [6.07, 6.45) is 0. The number of carbonyl (C=O) groups is 1. The van der Waals surface area contributed by atoms with Crippen LogP contribution in [0.15, 0.2) is 69.2 Å². The lowest BCUT2D eigenvalue weighted by atomic mass is 9.96. The second-order valence-electron chi connectivity index (χ2n) is 7.72. The number of nitrogens with one attached hydrogen (secondary N) is 1. The molecule has 5 rings (SSSR count). The van der Waals surface area contributed by atoms with Gasteiger partial charge in [0.1, 0.15) is 4.70 Å². The van der Waals surface area contributed by atoms with Crippen molar-refractivity contribution in [1.29, 1.82) is 5.41 Å². The molecule has 4 aromatic rings. The molecule has 0 unspecified atom stereocenters. The molecular weight excluding hydrogens is 438 g/mol. The van der Waals surface area contributed by atoms with Crippen LogP contribution >= 0.6 is 11.3 Å². The number of nitrogens with two attached hydrogens (primary N) is 1. The smallest absolute Gasteiger partial charge is 0.249 e. The van der Waals surface area contributed by atoms with Gasteiger partial charge in [-0.05, 0) is 11.6 Å². The Morgan fingerprint density at radius 3 is 2.42 bits per heavy atom. The zero-order chi connectivity index (χ0) is 22.9. The number of thiophene rings is 1. The minimum Gasteiger partial charge on any atom is -0.439 e. The number of amides is 1. The topological polar surface area (TPSA) is 110 Å². The van der Waals surface area contributed by atoms with Crippen molar-refractivity contribution in [3.63, 3.8) is 0 Å². The first-order chi connectivity index (χ1) is 16.0. The van der Waals surface area contributed by atoms with Crippen molar-refractivity contribution in [3.8, 4) is 11.1 Å². The van der Waals surface area contributed by atoms with Crippen LogP contribution in [0.2, 0.25) is 0 Å². The van der Waals surface area contributed by atoms with Gasteiger partial charge in [0.25, 0.3) is 0 Å². The van der Waals surface area contributed by atoms with E-state index in [0.29, 0.717) is 59.2 Å². The van der Waals surface area contributed by atoms with Crippen molar-refractivity contribution in [1.82, 2.24) is 0 Å². The lowest BCUT2D eigenvalue weighted by Crippen LogP contribution is -2.36. The van der Waals surface area contributed by atoms with E-state index in [9.17, 15) is 9.59 Å². The van der Waals surface area contributed by atoms with Crippen LogP contribution in [0.25, 0.3) is 21.4 Å². The molecule has 0 spiro atoms. The van der Waals surface area contributed by atoms with Gasteiger partial charge in [-0.3, -0.25) is 15.0 Å². The number of benzene rings is 2. The third-order valence-electron chi connectivity index (χ3n) is 5.70. The average Bonchev–Trinajstić information content (AvgIpc) is 3.29. The quantitative estimate of drug-likeness (QED) is 0.440. The van der Waals surface area contributed by atoms with E-state index in [4.69, 9.17) is 20.3 Å². The number of hydrogen-bond acceptors (Lipinski definition) is 7. The largest absolute Gasteiger partial charge is 0.439 e. The Hall–Kier alpha value is -3.75. The van der Waals surface area contributed by atoms with Gasteiger partial charge in [0, 0.05) is 46.8 Å². The number of morpholine rings is 1. The van der Waals surface area contributed by atoms with E-state index >= 15 is 0 Å². The van der Waals surface area contributed by atoms with Gasteiger partial charge in [-0.2, -0.15) is 0 Å². The van der Waals surface area contributed by atoms with Crippen molar-refractivity contribution in [3.05, 3.63) is 86.9 Å². The summed E-state index contributed by atoms with van der Waals surface area (Å²) in [6.45, 7) is 2.56. The highest BCUT2D eigenvalue weighted by atomic mass is 32.1. The molecule has 2 aromatic heterocycles. The molecule has 1 amide bonds. The minimum atomic E-state index is -0.567. The normalized spacial score (nSPS) is 13.9. The van der Waals surface area contributed by atoms with Crippen molar-refractivity contribution >= 4 is 39.1 Å². The molecule has 2 aromatic carbocycles. The van der Waals surface area contributed by atoms with Gasteiger partial charge < -0.3 is 19.8 Å². The van der Waals surface area contributed by atoms with E-state index in [1.165, 1.54) is 11.3 Å². The number of fused-ring (bicyclic) bond motifs is 1. The first-order valence-corrected chi connectivity index (χ1v) is 11.4. The first kappa shape index (κ1) is 21.1. The lowest BCUT2D eigenvalue weighted by molar-refractivity contribution is 0.1000. The summed E-state index contributed by atoms with van der Waals surface area (Å²) < 4.78 is 12.2. The fourth-order valence-electron chi connectivity index (χ4n) is 3.96. The van der Waals surface area contributed by atoms with Crippen LogP contribution < -0.4 is 16.1 Å². The molecule has 0 atom stereocenters. The van der Waals surface area contributed by atoms with Gasteiger partial charge in [-0.15, -0.1) is 11.3 Å². The van der Waals surface area contributed by atoms with Gasteiger partial charge >= 0.3 is 0 Å². The third-order valence-corrected chi connectivity index (χ3v) is 6.68. The summed E-state index contributed by atoms with van der Waals surface area (Å²) >= 11 is 1.36.